The molecule has 0 unspecified atom stereocenters. The van der Waals surface area contributed by atoms with Crippen molar-refractivity contribution >= 4 is 34.7 Å². The Hall–Kier alpha value is -2.11. The molecule has 4 heterocycles. The van der Waals surface area contributed by atoms with Crippen molar-refractivity contribution < 1.29 is 13.2 Å². The minimum atomic E-state index is -4.53. The van der Waals surface area contributed by atoms with E-state index in [1.165, 1.54) is 23.1 Å². The van der Waals surface area contributed by atoms with E-state index in [2.05, 4.69) is 25.3 Å². The molecule has 0 aliphatic carbocycles. The summed E-state index contributed by atoms with van der Waals surface area (Å²) in [5.41, 5.74) is 0.458. The molecule has 3 aromatic heterocycles. The molecule has 3 aromatic rings. The SMILES string of the molecule is CSc1csc(-c2nc(Nc3cn(C4CN(C)C4)nc3C)ncc2C(F)(F)F)c1. The Bertz CT molecular complexity index is 1020. The van der Waals surface area contributed by atoms with Gasteiger partial charge in [0.25, 0.3) is 0 Å². The first-order chi connectivity index (χ1) is 13.7. The molecule has 4 rings (SSSR count). The number of aryl methyl sites for hydroxylation is 1. The van der Waals surface area contributed by atoms with Crippen molar-refractivity contribution in [2.45, 2.75) is 24.0 Å². The van der Waals surface area contributed by atoms with Gasteiger partial charge >= 0.3 is 6.18 Å². The van der Waals surface area contributed by atoms with Gasteiger partial charge in [0.2, 0.25) is 5.95 Å². The highest BCUT2D eigenvalue weighted by Crippen LogP contribution is 2.39. The van der Waals surface area contributed by atoms with Crippen molar-refractivity contribution in [2.24, 2.45) is 0 Å². The first-order valence-electron chi connectivity index (χ1n) is 8.83. The Labute approximate surface area is 174 Å². The number of halogens is 3. The summed E-state index contributed by atoms with van der Waals surface area (Å²) in [6, 6.07) is 2.02. The van der Waals surface area contributed by atoms with Crippen LogP contribution in [0.2, 0.25) is 0 Å². The number of aromatic nitrogens is 4. The number of nitrogens with one attached hydrogen (secondary N) is 1. The fraction of sp³-hybridized carbons (Fsp3) is 0.389. The molecule has 154 valence electrons. The Kier molecular flexibility index (Phi) is 5.30. The molecule has 6 nitrogen and oxygen atoms in total. The summed E-state index contributed by atoms with van der Waals surface area (Å²) in [7, 11) is 2.04. The maximum atomic E-state index is 13.5. The fourth-order valence-corrected chi connectivity index (χ4v) is 4.75. The van der Waals surface area contributed by atoms with E-state index < -0.39 is 11.7 Å². The van der Waals surface area contributed by atoms with Gasteiger partial charge in [-0.05, 0) is 26.3 Å². The lowest BCUT2D eigenvalue weighted by atomic mass is 10.1. The van der Waals surface area contributed by atoms with Crippen LogP contribution in [-0.4, -0.2) is 51.0 Å². The van der Waals surface area contributed by atoms with E-state index in [9.17, 15) is 13.2 Å². The van der Waals surface area contributed by atoms with Gasteiger partial charge in [-0.2, -0.15) is 18.3 Å². The average Bonchev–Trinajstić information content (AvgIpc) is 3.25. The third kappa shape index (κ3) is 4.12. The number of hydrogen-bond donors (Lipinski definition) is 1. The molecule has 0 spiro atoms. The maximum absolute atomic E-state index is 13.5. The standard InChI is InChI=1S/C18H19F3N6S2/c1-10-14(8-27(25-10)11-6-26(2)7-11)23-17-22-5-13(18(19,20)21)16(24-17)15-4-12(28-3)9-29-15/h4-5,8-9,11H,6-7H2,1-3H3,(H,22,23,24). The van der Waals surface area contributed by atoms with Crippen LogP contribution in [0, 0.1) is 6.92 Å². The van der Waals surface area contributed by atoms with Gasteiger partial charge in [-0.15, -0.1) is 23.1 Å². The monoisotopic (exact) mass is 440 g/mol. The first kappa shape index (κ1) is 20.2. The van der Waals surface area contributed by atoms with E-state index in [0.29, 0.717) is 16.6 Å². The number of thiophene rings is 1. The van der Waals surface area contributed by atoms with Crippen LogP contribution in [0.1, 0.15) is 17.3 Å². The second kappa shape index (κ2) is 7.62. The van der Waals surface area contributed by atoms with Crippen LogP contribution in [0.4, 0.5) is 24.8 Å². The van der Waals surface area contributed by atoms with Crippen LogP contribution in [0.3, 0.4) is 0 Å². The normalized spacial score (nSPS) is 15.5. The van der Waals surface area contributed by atoms with Gasteiger partial charge in [-0.25, -0.2) is 9.97 Å². The van der Waals surface area contributed by atoms with Crippen molar-refractivity contribution in [3.8, 4) is 10.6 Å². The minimum Gasteiger partial charge on any atom is -0.321 e. The van der Waals surface area contributed by atoms with Gasteiger partial charge in [0.05, 0.1) is 28.0 Å². The van der Waals surface area contributed by atoms with Crippen LogP contribution < -0.4 is 5.32 Å². The molecule has 11 heteroatoms. The number of rotatable bonds is 5. The molecular formula is C18H19F3N6S2. The topological polar surface area (TPSA) is 58.9 Å². The van der Waals surface area contributed by atoms with E-state index in [1.807, 2.05) is 36.5 Å². The van der Waals surface area contributed by atoms with Crippen molar-refractivity contribution in [1.29, 1.82) is 0 Å². The lowest BCUT2D eigenvalue weighted by Crippen LogP contribution is -2.45. The lowest BCUT2D eigenvalue weighted by molar-refractivity contribution is -0.137. The predicted octanol–water partition coefficient (Wildman–Crippen LogP) is 4.68. The minimum absolute atomic E-state index is 0.112. The molecule has 1 saturated heterocycles. The van der Waals surface area contributed by atoms with Crippen LogP contribution in [0.25, 0.3) is 10.6 Å². The molecular weight excluding hydrogens is 421 g/mol. The zero-order valence-electron chi connectivity index (χ0n) is 16.0. The van der Waals surface area contributed by atoms with Crippen molar-refractivity contribution in [2.75, 3.05) is 31.7 Å². The number of thioether (sulfide) groups is 1. The third-order valence-electron chi connectivity index (χ3n) is 4.72. The van der Waals surface area contributed by atoms with Gasteiger partial charge in [-0.1, -0.05) is 0 Å². The van der Waals surface area contributed by atoms with E-state index >= 15 is 0 Å². The Balaban J connectivity index is 1.66. The number of alkyl halides is 3. The van der Waals surface area contributed by atoms with Gasteiger partial charge in [0.15, 0.2) is 0 Å². The number of nitrogens with zero attached hydrogens (tertiary/aromatic N) is 5. The van der Waals surface area contributed by atoms with Crippen molar-refractivity contribution in [3.05, 3.63) is 35.1 Å². The molecule has 0 radical (unpaired) electrons. The zero-order valence-corrected chi connectivity index (χ0v) is 17.6. The molecule has 1 N–H and O–H groups in total. The lowest BCUT2D eigenvalue weighted by Gasteiger charge is -2.36. The van der Waals surface area contributed by atoms with Gasteiger partial charge in [0, 0.05) is 35.8 Å². The van der Waals surface area contributed by atoms with E-state index in [4.69, 9.17) is 0 Å². The first-order valence-corrected chi connectivity index (χ1v) is 10.9. The average molecular weight is 441 g/mol. The number of likely N-dealkylation sites (N-methyl/N-ethyl adjacent to an activating group) is 1. The van der Waals surface area contributed by atoms with Crippen LogP contribution in [0.5, 0.6) is 0 Å². The summed E-state index contributed by atoms with van der Waals surface area (Å²) in [4.78, 5) is 11.7. The molecule has 0 saturated carbocycles. The summed E-state index contributed by atoms with van der Waals surface area (Å²) < 4.78 is 42.4. The molecule has 29 heavy (non-hydrogen) atoms. The summed E-state index contributed by atoms with van der Waals surface area (Å²) in [5, 5.41) is 9.35. The number of anilines is 2. The summed E-state index contributed by atoms with van der Waals surface area (Å²) in [5.74, 6) is 0.112. The van der Waals surface area contributed by atoms with E-state index in [0.717, 1.165) is 29.9 Å². The fourth-order valence-electron chi connectivity index (χ4n) is 3.13. The molecule has 0 bridgehead atoms. The summed E-state index contributed by atoms with van der Waals surface area (Å²) in [6.45, 7) is 3.67. The molecule has 0 aromatic carbocycles. The van der Waals surface area contributed by atoms with Crippen LogP contribution >= 0.6 is 23.1 Å². The largest absolute Gasteiger partial charge is 0.420 e. The van der Waals surface area contributed by atoms with E-state index in [-0.39, 0.29) is 11.6 Å². The van der Waals surface area contributed by atoms with E-state index in [1.54, 1.807) is 6.07 Å². The maximum Gasteiger partial charge on any atom is 0.420 e. The Morgan fingerprint density at radius 1 is 1.31 bits per heavy atom. The smallest absolute Gasteiger partial charge is 0.321 e. The molecule has 0 amide bonds. The Morgan fingerprint density at radius 3 is 2.69 bits per heavy atom. The number of likely N-dealkylation sites (tertiary alicyclic amines) is 1. The second-order valence-corrected chi connectivity index (χ2v) is 8.70. The van der Waals surface area contributed by atoms with Crippen molar-refractivity contribution in [1.82, 2.24) is 24.6 Å². The molecule has 1 aliphatic heterocycles. The third-order valence-corrected chi connectivity index (χ3v) is 6.51. The van der Waals surface area contributed by atoms with Gasteiger partial charge < -0.3 is 10.2 Å². The van der Waals surface area contributed by atoms with Crippen molar-refractivity contribution in [3.63, 3.8) is 0 Å². The highest BCUT2D eigenvalue weighted by Gasteiger charge is 2.36. The quantitative estimate of drug-likeness (QED) is 0.582. The summed E-state index contributed by atoms with van der Waals surface area (Å²) in [6.07, 6.45) is 0.0344. The number of hydrogen-bond acceptors (Lipinski definition) is 7. The molecule has 0 atom stereocenters. The summed E-state index contributed by atoms with van der Waals surface area (Å²) >= 11 is 2.71. The van der Waals surface area contributed by atoms with Gasteiger partial charge in [0.1, 0.15) is 5.56 Å². The molecule has 1 fully saturated rings. The second-order valence-electron chi connectivity index (χ2n) is 6.91. The van der Waals surface area contributed by atoms with Gasteiger partial charge in [-0.3, -0.25) is 4.68 Å². The van der Waals surface area contributed by atoms with Crippen LogP contribution in [0.15, 0.2) is 28.7 Å². The zero-order chi connectivity index (χ0) is 20.8. The van der Waals surface area contributed by atoms with Crippen LogP contribution in [-0.2, 0) is 6.18 Å². The Morgan fingerprint density at radius 2 is 2.07 bits per heavy atom. The molecule has 1 aliphatic rings. The highest BCUT2D eigenvalue weighted by atomic mass is 32.2. The predicted molar refractivity (Wildman–Crippen MR) is 109 cm³/mol. The highest BCUT2D eigenvalue weighted by molar-refractivity contribution is 7.98.